The molecule has 0 aromatic carbocycles. The number of nitrogens with two attached hydrogens (primary N) is 1. The number of primary amides is 1. The Kier molecular flexibility index (Phi) is 20.6. The maximum Gasteiger partial charge on any atom is 0.243 e. The highest BCUT2D eigenvalue weighted by atomic mass is 19.1. The van der Waals surface area contributed by atoms with Crippen molar-refractivity contribution in [3.63, 3.8) is 0 Å². The Morgan fingerprint density at radius 3 is 1.72 bits per heavy atom. The van der Waals surface area contributed by atoms with Crippen LogP contribution in [0, 0.1) is 0 Å². The number of carbonyl (C=O) groups excluding carboxylic acids is 2. The molecule has 0 radical (unpaired) electrons. The number of amides is 2. The highest BCUT2D eigenvalue weighted by molar-refractivity contribution is 5.75. The summed E-state index contributed by atoms with van der Waals surface area (Å²) < 4.78 is 40.3. The highest BCUT2D eigenvalue weighted by Crippen LogP contribution is 2.17. The van der Waals surface area contributed by atoms with Crippen molar-refractivity contribution in [3.8, 4) is 0 Å². The summed E-state index contributed by atoms with van der Waals surface area (Å²) in [6.07, 6.45) is -1.31. The van der Waals surface area contributed by atoms with E-state index in [2.05, 4.69) is 5.32 Å². The quantitative estimate of drug-likeness (QED) is 0.312. The van der Waals surface area contributed by atoms with E-state index in [1.807, 2.05) is 13.8 Å². The molecule has 3 N–H and O–H groups in total. The van der Waals surface area contributed by atoms with E-state index in [4.69, 9.17) is 29.4 Å². The number of nitrogens with one attached hydrogen (secondary N) is 1. The number of alkyl halides is 1. The number of carbonyl (C=O) groups is 2. The lowest BCUT2D eigenvalue weighted by Crippen LogP contribution is -2.44. The number of ether oxygens (including phenoxy) is 5. The molecule has 0 aromatic heterocycles. The molecule has 2 amide bonds. The summed E-state index contributed by atoms with van der Waals surface area (Å²) in [7, 11) is 0. The van der Waals surface area contributed by atoms with Crippen LogP contribution in [0.4, 0.5) is 4.39 Å². The van der Waals surface area contributed by atoms with Crippen LogP contribution in [0.5, 0.6) is 0 Å². The van der Waals surface area contributed by atoms with Gasteiger partial charge in [-0.2, -0.15) is 0 Å². The van der Waals surface area contributed by atoms with Crippen LogP contribution in [0.25, 0.3) is 0 Å². The third kappa shape index (κ3) is 21.2. The first-order chi connectivity index (χ1) is 13.8. The van der Waals surface area contributed by atoms with E-state index in [9.17, 15) is 14.0 Å². The lowest BCUT2D eigenvalue weighted by atomic mass is 10.0. The van der Waals surface area contributed by atoms with Crippen LogP contribution in [0.1, 0.15) is 34.6 Å². The van der Waals surface area contributed by atoms with Crippen molar-refractivity contribution >= 4 is 11.8 Å². The van der Waals surface area contributed by atoms with Crippen molar-refractivity contribution in [1.29, 1.82) is 0 Å². The minimum absolute atomic E-state index is 0.0869. The van der Waals surface area contributed by atoms with E-state index in [1.165, 1.54) is 6.92 Å². The summed E-state index contributed by atoms with van der Waals surface area (Å²) in [5.41, 5.74) is 3.90. The van der Waals surface area contributed by atoms with Gasteiger partial charge in [-0.3, -0.25) is 9.59 Å². The minimum Gasteiger partial charge on any atom is -0.377 e. The first kappa shape index (κ1) is 29.9. The second kappa shape index (κ2) is 20.0. The molecule has 0 saturated heterocycles. The monoisotopic (exact) mass is 426 g/mol. The summed E-state index contributed by atoms with van der Waals surface area (Å²) in [6.45, 7) is 11.2. The summed E-state index contributed by atoms with van der Waals surface area (Å²) >= 11 is 0. The van der Waals surface area contributed by atoms with Gasteiger partial charge in [0.15, 0.2) is 0 Å². The molecule has 0 bridgehead atoms. The molecule has 174 valence electrons. The molecule has 1 unspecified atom stereocenters. The Hall–Kier alpha value is -1.33. The third-order valence-electron chi connectivity index (χ3n) is 3.35. The van der Waals surface area contributed by atoms with Crippen LogP contribution in [0.15, 0.2) is 0 Å². The van der Waals surface area contributed by atoms with Crippen LogP contribution in [0.3, 0.4) is 0 Å². The van der Waals surface area contributed by atoms with E-state index in [0.29, 0.717) is 46.2 Å². The smallest absolute Gasteiger partial charge is 0.243 e. The lowest BCUT2D eigenvalue weighted by Gasteiger charge is -2.29. The van der Waals surface area contributed by atoms with Crippen molar-refractivity contribution in [2.24, 2.45) is 5.73 Å². The number of rotatable bonds is 18. The van der Waals surface area contributed by atoms with Gasteiger partial charge in [-0.05, 0) is 13.8 Å². The molecule has 0 spiro atoms. The number of hydrogen-bond donors (Lipinski definition) is 2. The van der Waals surface area contributed by atoms with E-state index >= 15 is 0 Å². The van der Waals surface area contributed by atoms with Crippen molar-refractivity contribution in [2.45, 2.75) is 46.4 Å². The molecule has 29 heavy (non-hydrogen) atoms. The van der Waals surface area contributed by atoms with Crippen LogP contribution >= 0.6 is 0 Å². The second-order valence-electron chi connectivity index (χ2n) is 6.21. The predicted molar refractivity (Wildman–Crippen MR) is 107 cm³/mol. The molecule has 0 heterocycles. The van der Waals surface area contributed by atoms with Gasteiger partial charge >= 0.3 is 0 Å². The number of hydrogen-bond acceptors (Lipinski definition) is 7. The summed E-state index contributed by atoms with van der Waals surface area (Å²) in [5.74, 6) is -0.791. The van der Waals surface area contributed by atoms with E-state index in [-0.39, 0.29) is 25.7 Å². The van der Waals surface area contributed by atoms with E-state index in [1.54, 1.807) is 13.8 Å². The Bertz CT molecular complexity index is 412. The molecule has 0 aliphatic heterocycles. The summed E-state index contributed by atoms with van der Waals surface area (Å²) in [4.78, 5) is 21.2. The van der Waals surface area contributed by atoms with Gasteiger partial charge in [0, 0.05) is 6.92 Å². The van der Waals surface area contributed by atoms with Gasteiger partial charge in [-0.15, -0.1) is 0 Å². The topological polar surface area (TPSA) is 118 Å². The van der Waals surface area contributed by atoms with Crippen molar-refractivity contribution < 1.29 is 37.7 Å². The fourth-order valence-electron chi connectivity index (χ4n) is 1.77. The molecule has 1 atom stereocenters. The van der Waals surface area contributed by atoms with Gasteiger partial charge < -0.3 is 34.7 Å². The van der Waals surface area contributed by atoms with Crippen LogP contribution in [0.2, 0.25) is 0 Å². The number of halogens is 1. The maximum atomic E-state index is 14.0. The standard InChI is InChI=1S/C17H33FN2O7.C2H6/c1-14(21)20-12-15(18)17(2,3)27-11-10-25-7-6-23-4-5-24-8-9-26-13-16(19)22;1-2/h15H,4-13H2,1-3H3,(H2,19,22)(H,20,21);1-2H3. The zero-order valence-corrected chi connectivity index (χ0v) is 18.5. The van der Waals surface area contributed by atoms with Crippen LogP contribution in [-0.2, 0) is 33.3 Å². The predicted octanol–water partition coefficient (Wildman–Crippen LogP) is 0.834. The average molecular weight is 427 g/mol. The fraction of sp³-hybridized carbons (Fsp3) is 0.895. The normalized spacial score (nSPS) is 12.1. The molecule has 9 nitrogen and oxygen atoms in total. The Morgan fingerprint density at radius 1 is 0.897 bits per heavy atom. The van der Waals surface area contributed by atoms with E-state index < -0.39 is 17.7 Å². The van der Waals surface area contributed by atoms with Crippen LogP contribution in [-0.4, -0.2) is 89.6 Å². The molecule has 0 aromatic rings. The van der Waals surface area contributed by atoms with Gasteiger partial charge in [0.25, 0.3) is 0 Å². The summed E-state index contributed by atoms with van der Waals surface area (Å²) in [5, 5.41) is 2.43. The molecule has 0 saturated carbocycles. The Labute approximate surface area is 173 Å². The first-order valence-electron chi connectivity index (χ1n) is 9.87. The molecular formula is C19H39FN2O7. The molecular weight excluding hydrogens is 387 g/mol. The molecule has 0 aliphatic rings. The largest absolute Gasteiger partial charge is 0.377 e. The first-order valence-corrected chi connectivity index (χ1v) is 9.87. The van der Waals surface area contributed by atoms with Crippen molar-refractivity contribution in [1.82, 2.24) is 5.32 Å². The minimum atomic E-state index is -1.31. The molecule has 0 rings (SSSR count). The van der Waals surface area contributed by atoms with Gasteiger partial charge in [0.1, 0.15) is 12.8 Å². The second-order valence-corrected chi connectivity index (χ2v) is 6.21. The van der Waals surface area contributed by atoms with Crippen molar-refractivity contribution in [3.05, 3.63) is 0 Å². The van der Waals surface area contributed by atoms with E-state index in [0.717, 1.165) is 0 Å². The molecule has 0 fully saturated rings. The zero-order chi connectivity index (χ0) is 22.5. The fourth-order valence-corrected chi connectivity index (χ4v) is 1.77. The van der Waals surface area contributed by atoms with Gasteiger partial charge in [-0.1, -0.05) is 13.8 Å². The van der Waals surface area contributed by atoms with Crippen molar-refractivity contribution in [2.75, 3.05) is 66.0 Å². The average Bonchev–Trinajstić information content (AvgIpc) is 2.67. The molecule has 0 aliphatic carbocycles. The maximum absolute atomic E-state index is 14.0. The Balaban J connectivity index is 0. The van der Waals surface area contributed by atoms with Gasteiger partial charge in [0.05, 0.1) is 65.0 Å². The summed E-state index contributed by atoms with van der Waals surface area (Å²) in [6, 6.07) is 0. The van der Waals surface area contributed by atoms with Gasteiger partial charge in [-0.25, -0.2) is 4.39 Å². The highest BCUT2D eigenvalue weighted by Gasteiger charge is 2.30. The van der Waals surface area contributed by atoms with Crippen LogP contribution < -0.4 is 11.1 Å². The van der Waals surface area contributed by atoms with Gasteiger partial charge in [0.2, 0.25) is 11.8 Å². The Morgan fingerprint density at radius 2 is 1.31 bits per heavy atom. The SMILES string of the molecule is CC.CC(=O)NCC(F)C(C)(C)OCCOCCOCCOCCOCC(N)=O. The molecule has 10 heteroatoms. The zero-order valence-electron chi connectivity index (χ0n) is 18.5. The third-order valence-corrected chi connectivity index (χ3v) is 3.35. The lowest BCUT2D eigenvalue weighted by molar-refractivity contribution is -0.123.